The van der Waals surface area contributed by atoms with Crippen LogP contribution in [-0.4, -0.2) is 46.3 Å². The van der Waals surface area contributed by atoms with E-state index in [1.165, 1.54) is 19.3 Å². The number of rotatable bonds is 6. The first kappa shape index (κ1) is 16.0. The Morgan fingerprint density at radius 3 is 2.81 bits per heavy atom. The fraction of sp³-hybridized carbons (Fsp3) is 0.750. The highest BCUT2D eigenvalue weighted by atomic mass is 16.2. The van der Waals surface area contributed by atoms with E-state index in [0.29, 0.717) is 6.04 Å². The lowest BCUT2D eigenvalue weighted by atomic mass is 9.94. The molecule has 0 aromatic carbocycles. The van der Waals surface area contributed by atoms with Crippen molar-refractivity contribution in [1.82, 2.24) is 20.0 Å². The van der Waals surface area contributed by atoms with E-state index in [9.17, 15) is 4.79 Å². The fourth-order valence-corrected chi connectivity index (χ4v) is 3.03. The van der Waals surface area contributed by atoms with Crippen LogP contribution < -0.4 is 5.32 Å². The van der Waals surface area contributed by atoms with Crippen LogP contribution in [0.3, 0.4) is 0 Å². The van der Waals surface area contributed by atoms with Crippen molar-refractivity contribution in [3.05, 3.63) is 18.0 Å². The highest BCUT2D eigenvalue weighted by Gasteiger charge is 2.25. The first-order valence-corrected chi connectivity index (χ1v) is 8.07. The lowest BCUT2D eigenvalue weighted by molar-refractivity contribution is -0.134. The van der Waals surface area contributed by atoms with Gasteiger partial charge in [0.2, 0.25) is 5.91 Å². The van der Waals surface area contributed by atoms with Gasteiger partial charge in [0.25, 0.3) is 0 Å². The first-order chi connectivity index (χ1) is 10.1. The smallest absolute Gasteiger partial charge is 0.239 e. The Morgan fingerprint density at radius 2 is 2.19 bits per heavy atom. The molecular formula is C16H28N4O. The molecule has 0 radical (unpaired) electrons. The molecule has 0 unspecified atom stereocenters. The Balaban J connectivity index is 1.73. The Labute approximate surface area is 127 Å². The van der Waals surface area contributed by atoms with Crippen molar-refractivity contribution in [1.29, 1.82) is 0 Å². The van der Waals surface area contributed by atoms with Gasteiger partial charge in [0.05, 0.1) is 18.8 Å². The zero-order chi connectivity index (χ0) is 15.2. The summed E-state index contributed by atoms with van der Waals surface area (Å²) in [6.45, 7) is 5.53. The molecule has 1 N–H and O–H groups in total. The quantitative estimate of drug-likeness (QED) is 0.872. The van der Waals surface area contributed by atoms with Crippen molar-refractivity contribution < 1.29 is 4.79 Å². The molecule has 2 rings (SSSR count). The van der Waals surface area contributed by atoms with Gasteiger partial charge in [-0.2, -0.15) is 5.10 Å². The second kappa shape index (κ2) is 7.59. The minimum atomic E-state index is -0.131. The van der Waals surface area contributed by atoms with Gasteiger partial charge >= 0.3 is 0 Å². The van der Waals surface area contributed by atoms with E-state index >= 15 is 0 Å². The molecule has 1 aliphatic rings. The SMILES string of the molecule is Cc1cnn(CCN[C@@H](C)C(=O)N(C)C2CCCCC2)c1. The maximum atomic E-state index is 12.4. The zero-order valence-electron chi connectivity index (χ0n) is 13.5. The van der Waals surface area contributed by atoms with Crippen LogP contribution in [0.5, 0.6) is 0 Å². The standard InChI is InChI=1S/C16H28N4O/c1-13-11-18-20(12-13)10-9-17-14(2)16(21)19(3)15-7-5-4-6-8-15/h11-12,14-15,17H,4-10H2,1-3H3/t14-/m0/s1. The summed E-state index contributed by atoms with van der Waals surface area (Å²) in [7, 11) is 1.95. The summed E-state index contributed by atoms with van der Waals surface area (Å²) in [5.41, 5.74) is 1.16. The van der Waals surface area contributed by atoms with E-state index in [4.69, 9.17) is 0 Å². The predicted molar refractivity (Wildman–Crippen MR) is 84.1 cm³/mol. The number of aromatic nitrogens is 2. The number of carbonyl (C=O) groups is 1. The topological polar surface area (TPSA) is 50.2 Å². The molecule has 5 nitrogen and oxygen atoms in total. The van der Waals surface area contributed by atoms with Gasteiger partial charge in [0.1, 0.15) is 0 Å². The van der Waals surface area contributed by atoms with Crippen molar-refractivity contribution in [3.8, 4) is 0 Å². The molecule has 1 aromatic rings. The van der Waals surface area contributed by atoms with Gasteiger partial charge in [0, 0.05) is 25.8 Å². The summed E-state index contributed by atoms with van der Waals surface area (Å²) in [5.74, 6) is 0.207. The highest BCUT2D eigenvalue weighted by Crippen LogP contribution is 2.21. The molecule has 118 valence electrons. The fourth-order valence-electron chi connectivity index (χ4n) is 3.03. The molecular weight excluding hydrogens is 264 g/mol. The van der Waals surface area contributed by atoms with Crippen molar-refractivity contribution in [3.63, 3.8) is 0 Å². The summed E-state index contributed by atoms with van der Waals surface area (Å²) in [4.78, 5) is 14.4. The summed E-state index contributed by atoms with van der Waals surface area (Å²) in [6.07, 6.45) is 10.00. The molecule has 1 aliphatic carbocycles. The number of nitrogens with zero attached hydrogens (tertiary/aromatic N) is 3. The molecule has 0 spiro atoms. The van der Waals surface area contributed by atoms with E-state index in [0.717, 1.165) is 31.5 Å². The number of likely N-dealkylation sites (N-methyl/N-ethyl adjacent to an activating group) is 1. The third-order valence-corrected chi connectivity index (χ3v) is 4.39. The Morgan fingerprint density at radius 1 is 1.48 bits per heavy atom. The van der Waals surface area contributed by atoms with Crippen LogP contribution in [0.1, 0.15) is 44.6 Å². The minimum Gasteiger partial charge on any atom is -0.341 e. The monoisotopic (exact) mass is 292 g/mol. The molecule has 5 heteroatoms. The molecule has 1 heterocycles. The highest BCUT2D eigenvalue weighted by molar-refractivity contribution is 5.81. The molecule has 1 amide bonds. The van der Waals surface area contributed by atoms with Crippen LogP contribution in [0.2, 0.25) is 0 Å². The van der Waals surface area contributed by atoms with Crippen LogP contribution >= 0.6 is 0 Å². The van der Waals surface area contributed by atoms with Crippen LogP contribution in [0.25, 0.3) is 0 Å². The largest absolute Gasteiger partial charge is 0.341 e. The second-order valence-electron chi connectivity index (χ2n) is 6.20. The lowest BCUT2D eigenvalue weighted by Gasteiger charge is -2.33. The van der Waals surface area contributed by atoms with E-state index in [-0.39, 0.29) is 11.9 Å². The Bertz CT molecular complexity index is 451. The molecule has 0 aliphatic heterocycles. The number of aryl methyl sites for hydroxylation is 1. The van der Waals surface area contributed by atoms with Crippen molar-refractivity contribution in [2.24, 2.45) is 0 Å². The number of carbonyl (C=O) groups excluding carboxylic acids is 1. The molecule has 1 saturated carbocycles. The summed E-state index contributed by atoms with van der Waals surface area (Å²) >= 11 is 0. The molecule has 1 atom stereocenters. The average Bonchev–Trinajstić information content (AvgIpc) is 2.92. The van der Waals surface area contributed by atoms with Gasteiger partial charge < -0.3 is 10.2 Å². The first-order valence-electron chi connectivity index (χ1n) is 8.07. The molecule has 0 bridgehead atoms. The summed E-state index contributed by atoms with van der Waals surface area (Å²) in [5, 5.41) is 7.56. The van der Waals surface area contributed by atoms with E-state index in [2.05, 4.69) is 10.4 Å². The van der Waals surface area contributed by atoms with Gasteiger partial charge in [-0.1, -0.05) is 19.3 Å². The van der Waals surface area contributed by atoms with Gasteiger partial charge in [-0.25, -0.2) is 0 Å². The number of nitrogens with one attached hydrogen (secondary N) is 1. The second-order valence-corrected chi connectivity index (χ2v) is 6.20. The van der Waals surface area contributed by atoms with E-state index in [1.807, 2.05) is 42.9 Å². The third-order valence-electron chi connectivity index (χ3n) is 4.39. The molecule has 1 fully saturated rings. The number of amides is 1. The maximum absolute atomic E-state index is 12.4. The molecule has 0 saturated heterocycles. The van der Waals surface area contributed by atoms with Crippen LogP contribution in [0.15, 0.2) is 12.4 Å². The summed E-state index contributed by atoms with van der Waals surface area (Å²) < 4.78 is 1.91. The average molecular weight is 292 g/mol. The Hall–Kier alpha value is -1.36. The van der Waals surface area contributed by atoms with E-state index < -0.39 is 0 Å². The minimum absolute atomic E-state index is 0.131. The Kier molecular flexibility index (Phi) is 5.79. The summed E-state index contributed by atoms with van der Waals surface area (Å²) in [6, 6.07) is 0.304. The molecule has 21 heavy (non-hydrogen) atoms. The van der Waals surface area contributed by atoms with Gasteiger partial charge in [-0.05, 0) is 32.3 Å². The predicted octanol–water partition coefficient (Wildman–Crippen LogP) is 1.96. The maximum Gasteiger partial charge on any atom is 0.239 e. The van der Waals surface area contributed by atoms with Gasteiger partial charge in [-0.15, -0.1) is 0 Å². The molecule has 1 aromatic heterocycles. The van der Waals surface area contributed by atoms with Crippen molar-refractivity contribution in [2.75, 3.05) is 13.6 Å². The van der Waals surface area contributed by atoms with Crippen molar-refractivity contribution in [2.45, 2.75) is 64.6 Å². The lowest BCUT2D eigenvalue weighted by Crippen LogP contribution is -2.48. The van der Waals surface area contributed by atoms with Crippen LogP contribution in [0, 0.1) is 6.92 Å². The number of hydrogen-bond donors (Lipinski definition) is 1. The van der Waals surface area contributed by atoms with Crippen LogP contribution in [0.4, 0.5) is 0 Å². The van der Waals surface area contributed by atoms with Gasteiger partial charge in [-0.3, -0.25) is 9.48 Å². The van der Waals surface area contributed by atoms with Crippen molar-refractivity contribution >= 4 is 5.91 Å². The zero-order valence-corrected chi connectivity index (χ0v) is 13.5. The van der Waals surface area contributed by atoms with Gasteiger partial charge in [0.15, 0.2) is 0 Å². The third kappa shape index (κ3) is 4.56. The normalized spacial score (nSPS) is 17.7. The number of hydrogen-bond acceptors (Lipinski definition) is 3. The van der Waals surface area contributed by atoms with Crippen LogP contribution in [-0.2, 0) is 11.3 Å². The van der Waals surface area contributed by atoms with E-state index in [1.54, 1.807) is 0 Å².